The number of benzene rings is 2. The van der Waals surface area contributed by atoms with E-state index in [0.717, 1.165) is 5.56 Å². The molecular formula is C25H28ClN3O3. The molecule has 0 aromatic heterocycles. The highest BCUT2D eigenvalue weighted by atomic mass is 35.5. The van der Waals surface area contributed by atoms with Crippen molar-refractivity contribution in [3.05, 3.63) is 64.7 Å². The first-order valence-corrected chi connectivity index (χ1v) is 11.3. The number of rotatable bonds is 6. The first-order valence-electron chi connectivity index (χ1n) is 10.9. The highest BCUT2D eigenvalue weighted by molar-refractivity contribution is 6.30. The Kier molecular flexibility index (Phi) is 5.76. The summed E-state index contributed by atoms with van der Waals surface area (Å²) in [5, 5.41) is 3.68. The number of amides is 3. The van der Waals surface area contributed by atoms with Crippen LogP contribution in [0.15, 0.2) is 48.5 Å². The smallest absolute Gasteiger partial charge is 0.257 e. The molecular weight excluding hydrogens is 426 g/mol. The predicted molar refractivity (Wildman–Crippen MR) is 125 cm³/mol. The molecule has 0 spiro atoms. The molecule has 2 aromatic carbocycles. The highest BCUT2D eigenvalue weighted by Crippen LogP contribution is 2.43. The Labute approximate surface area is 193 Å². The van der Waals surface area contributed by atoms with Gasteiger partial charge in [0.05, 0.1) is 11.3 Å². The van der Waals surface area contributed by atoms with Crippen LogP contribution in [0.25, 0.3) is 0 Å². The second-order valence-corrected chi connectivity index (χ2v) is 9.77. The van der Waals surface area contributed by atoms with Gasteiger partial charge in [0.25, 0.3) is 5.91 Å². The van der Waals surface area contributed by atoms with Crippen molar-refractivity contribution in [2.45, 2.75) is 51.1 Å². The topological polar surface area (TPSA) is 69.7 Å². The number of hydrogen-bond acceptors (Lipinski definition) is 3. The molecule has 2 aliphatic rings. The Morgan fingerprint density at radius 1 is 1.12 bits per heavy atom. The van der Waals surface area contributed by atoms with Crippen molar-refractivity contribution in [2.75, 3.05) is 18.0 Å². The summed E-state index contributed by atoms with van der Waals surface area (Å²) in [6.45, 7) is 6.75. The maximum atomic E-state index is 13.3. The van der Waals surface area contributed by atoms with E-state index in [4.69, 9.17) is 11.6 Å². The third kappa shape index (κ3) is 3.88. The van der Waals surface area contributed by atoms with E-state index in [1.165, 1.54) is 0 Å². The molecule has 2 heterocycles. The van der Waals surface area contributed by atoms with Gasteiger partial charge in [-0.2, -0.15) is 0 Å². The summed E-state index contributed by atoms with van der Waals surface area (Å²) in [7, 11) is 0. The lowest BCUT2D eigenvalue weighted by Gasteiger charge is -2.48. The molecule has 0 radical (unpaired) electrons. The summed E-state index contributed by atoms with van der Waals surface area (Å²) in [5.41, 5.74) is 1.24. The molecule has 2 aromatic rings. The van der Waals surface area contributed by atoms with Gasteiger partial charge in [-0.3, -0.25) is 19.3 Å². The van der Waals surface area contributed by atoms with E-state index in [9.17, 15) is 14.4 Å². The number of carbonyl (C=O) groups is 3. The third-order valence-corrected chi connectivity index (χ3v) is 6.91. The van der Waals surface area contributed by atoms with Crippen LogP contribution in [0, 0.1) is 0 Å². The van der Waals surface area contributed by atoms with Gasteiger partial charge in [-0.25, -0.2) is 0 Å². The average molecular weight is 454 g/mol. The number of halogens is 1. The van der Waals surface area contributed by atoms with E-state index < -0.39 is 5.66 Å². The molecule has 0 saturated carbocycles. The lowest BCUT2D eigenvalue weighted by Crippen LogP contribution is -2.62. The van der Waals surface area contributed by atoms with Gasteiger partial charge in [0.15, 0.2) is 0 Å². The Morgan fingerprint density at radius 3 is 2.53 bits per heavy atom. The Hall–Kier alpha value is -2.86. The first-order chi connectivity index (χ1) is 15.1. The lowest BCUT2D eigenvalue weighted by atomic mass is 9.84. The molecule has 0 bridgehead atoms. The van der Waals surface area contributed by atoms with Crippen LogP contribution in [0.3, 0.4) is 0 Å². The van der Waals surface area contributed by atoms with E-state index >= 15 is 0 Å². The van der Waals surface area contributed by atoms with Gasteiger partial charge in [-0.15, -0.1) is 0 Å². The number of fused-ring (bicyclic) bond motifs is 3. The summed E-state index contributed by atoms with van der Waals surface area (Å²) < 4.78 is 0. The quantitative estimate of drug-likeness (QED) is 0.715. The van der Waals surface area contributed by atoms with Crippen LogP contribution in [0.2, 0.25) is 5.02 Å². The fourth-order valence-corrected chi connectivity index (χ4v) is 4.79. The van der Waals surface area contributed by atoms with Crippen LogP contribution in [0.1, 0.15) is 56.0 Å². The molecule has 7 heteroatoms. The van der Waals surface area contributed by atoms with Crippen LogP contribution < -0.4 is 10.2 Å². The van der Waals surface area contributed by atoms with Crippen molar-refractivity contribution in [1.82, 2.24) is 10.2 Å². The third-order valence-electron chi connectivity index (χ3n) is 6.66. The molecule has 1 atom stereocenters. The van der Waals surface area contributed by atoms with Crippen molar-refractivity contribution < 1.29 is 14.4 Å². The van der Waals surface area contributed by atoms with Gasteiger partial charge in [0, 0.05) is 36.4 Å². The molecule has 32 heavy (non-hydrogen) atoms. The molecule has 1 fully saturated rings. The fraction of sp³-hybridized carbons (Fsp3) is 0.400. The summed E-state index contributed by atoms with van der Waals surface area (Å²) in [5.74, 6) is -0.256. The van der Waals surface area contributed by atoms with Crippen LogP contribution in [-0.4, -0.2) is 41.4 Å². The van der Waals surface area contributed by atoms with Crippen molar-refractivity contribution in [3.63, 3.8) is 0 Å². The number of para-hydroxylation sites is 1. The fourth-order valence-electron chi connectivity index (χ4n) is 4.67. The standard InChI is InChI=1S/C25H28ClN3O3/c1-24(2,17-8-10-18(26)11-9-17)16-27-21(30)13-15-28-23(32)19-6-4-5-7-20(19)29-22(31)12-14-25(28,29)3/h4-11H,12-16H2,1-3H3,(H,27,30). The largest absolute Gasteiger partial charge is 0.355 e. The Bertz CT molecular complexity index is 1070. The molecule has 1 N–H and O–H groups in total. The lowest BCUT2D eigenvalue weighted by molar-refractivity contribution is -0.121. The van der Waals surface area contributed by atoms with Gasteiger partial charge in [0.1, 0.15) is 5.66 Å². The minimum atomic E-state index is -0.745. The summed E-state index contributed by atoms with van der Waals surface area (Å²) >= 11 is 5.98. The van der Waals surface area contributed by atoms with Gasteiger partial charge >= 0.3 is 0 Å². The second kappa shape index (κ2) is 8.24. The monoisotopic (exact) mass is 453 g/mol. The number of nitrogens with one attached hydrogen (secondary N) is 1. The summed E-state index contributed by atoms with van der Waals surface area (Å²) in [4.78, 5) is 42.0. The van der Waals surface area contributed by atoms with Crippen LogP contribution >= 0.6 is 11.6 Å². The Morgan fingerprint density at radius 2 is 1.81 bits per heavy atom. The molecule has 6 nitrogen and oxygen atoms in total. The second-order valence-electron chi connectivity index (χ2n) is 9.34. The SMILES string of the molecule is CC(C)(CNC(=O)CCN1C(=O)c2ccccc2N2C(=O)CCC12C)c1ccc(Cl)cc1. The number of anilines is 1. The number of nitrogens with zero attached hydrogens (tertiary/aromatic N) is 2. The zero-order valence-electron chi connectivity index (χ0n) is 18.7. The van der Waals surface area contributed by atoms with Crippen molar-refractivity contribution >= 4 is 35.0 Å². The van der Waals surface area contributed by atoms with E-state index in [0.29, 0.717) is 35.7 Å². The molecule has 4 rings (SSSR count). The minimum Gasteiger partial charge on any atom is -0.355 e. The van der Waals surface area contributed by atoms with Crippen LogP contribution in [0.4, 0.5) is 5.69 Å². The average Bonchev–Trinajstić information content (AvgIpc) is 3.07. The molecule has 0 aliphatic carbocycles. The summed E-state index contributed by atoms with van der Waals surface area (Å²) in [6, 6.07) is 14.8. The predicted octanol–water partition coefficient (Wildman–Crippen LogP) is 4.12. The summed E-state index contributed by atoms with van der Waals surface area (Å²) in [6.07, 6.45) is 1.11. The van der Waals surface area contributed by atoms with E-state index in [1.54, 1.807) is 21.9 Å². The van der Waals surface area contributed by atoms with E-state index in [2.05, 4.69) is 19.2 Å². The zero-order chi connectivity index (χ0) is 23.1. The van der Waals surface area contributed by atoms with Crippen LogP contribution in [-0.2, 0) is 15.0 Å². The molecule has 2 aliphatic heterocycles. The molecule has 1 unspecified atom stereocenters. The maximum Gasteiger partial charge on any atom is 0.257 e. The van der Waals surface area contributed by atoms with Gasteiger partial charge in [-0.1, -0.05) is 49.7 Å². The zero-order valence-corrected chi connectivity index (χ0v) is 19.4. The van der Waals surface area contributed by atoms with E-state index in [1.807, 2.05) is 43.3 Å². The number of carbonyl (C=O) groups excluding carboxylic acids is 3. The number of hydrogen-bond donors (Lipinski definition) is 1. The Balaban J connectivity index is 1.44. The van der Waals surface area contributed by atoms with Crippen molar-refractivity contribution in [3.8, 4) is 0 Å². The maximum absolute atomic E-state index is 13.3. The van der Waals surface area contributed by atoms with Gasteiger partial charge in [0.2, 0.25) is 11.8 Å². The van der Waals surface area contributed by atoms with Gasteiger partial charge < -0.3 is 10.2 Å². The first kappa shape index (κ1) is 22.3. The molecule has 3 amide bonds. The van der Waals surface area contributed by atoms with Crippen molar-refractivity contribution in [1.29, 1.82) is 0 Å². The molecule has 1 saturated heterocycles. The highest BCUT2D eigenvalue weighted by Gasteiger charge is 2.52. The minimum absolute atomic E-state index is 0.00613. The normalized spacial score (nSPS) is 20.2. The van der Waals surface area contributed by atoms with E-state index in [-0.39, 0.29) is 36.1 Å². The van der Waals surface area contributed by atoms with Crippen LogP contribution in [0.5, 0.6) is 0 Å². The molecule has 168 valence electrons. The van der Waals surface area contributed by atoms with Gasteiger partial charge in [-0.05, 0) is 43.2 Å². The van der Waals surface area contributed by atoms with Crippen molar-refractivity contribution in [2.24, 2.45) is 0 Å².